The zero-order valence-corrected chi connectivity index (χ0v) is 12.3. The van der Waals surface area contributed by atoms with Crippen LogP contribution < -0.4 is 5.32 Å². The Bertz CT molecular complexity index is 416. The average Bonchev–Trinajstić information content (AvgIpc) is 2.37. The van der Waals surface area contributed by atoms with Crippen LogP contribution >= 0.6 is 0 Å². The van der Waals surface area contributed by atoms with Crippen molar-refractivity contribution >= 4 is 10.8 Å². The van der Waals surface area contributed by atoms with Crippen LogP contribution in [0.15, 0.2) is 35.2 Å². The van der Waals surface area contributed by atoms with Crippen molar-refractivity contribution in [3.63, 3.8) is 0 Å². The molecule has 0 bridgehead atoms. The molecular weight excluding hydrogens is 242 g/mol. The highest BCUT2D eigenvalue weighted by Crippen LogP contribution is 2.38. The largest absolute Gasteiger partial charge is 0.315 e. The summed E-state index contributed by atoms with van der Waals surface area (Å²) in [5, 5.41) is 3.63. The molecule has 1 fully saturated rings. The average molecular weight is 265 g/mol. The lowest BCUT2D eigenvalue weighted by Crippen LogP contribution is -2.52. The molecule has 0 spiro atoms. The summed E-state index contributed by atoms with van der Waals surface area (Å²) in [5.74, 6) is 0. The molecule has 1 aromatic rings. The van der Waals surface area contributed by atoms with E-state index < -0.39 is 10.8 Å². The van der Waals surface area contributed by atoms with Gasteiger partial charge < -0.3 is 5.32 Å². The van der Waals surface area contributed by atoms with Crippen molar-refractivity contribution in [3.05, 3.63) is 30.3 Å². The zero-order chi connectivity index (χ0) is 13.2. The molecule has 0 saturated heterocycles. The summed E-state index contributed by atoms with van der Waals surface area (Å²) in [4.78, 5) is 0.959. The number of nitrogens with one attached hydrogen (secondary N) is 1. The predicted molar refractivity (Wildman–Crippen MR) is 77.1 cm³/mol. The molecule has 0 amide bonds. The molecule has 3 heteroatoms. The first-order valence-corrected chi connectivity index (χ1v) is 7.90. The molecule has 0 aliphatic heterocycles. The van der Waals surface area contributed by atoms with Gasteiger partial charge in [0.05, 0.1) is 16.0 Å². The van der Waals surface area contributed by atoms with Crippen molar-refractivity contribution < 1.29 is 4.21 Å². The Kier molecular flexibility index (Phi) is 4.23. The molecule has 1 aromatic carbocycles. The summed E-state index contributed by atoms with van der Waals surface area (Å²) in [5.41, 5.74) is 0.224. The Balaban J connectivity index is 2.24. The molecule has 3 unspecified atom stereocenters. The molecular formula is C15H23NOS. The molecule has 1 saturated carbocycles. The van der Waals surface area contributed by atoms with Crippen LogP contribution in [0.1, 0.15) is 33.1 Å². The fraction of sp³-hybridized carbons (Fsp3) is 0.600. The molecule has 0 heterocycles. The van der Waals surface area contributed by atoms with Gasteiger partial charge in [0.15, 0.2) is 0 Å². The van der Waals surface area contributed by atoms with E-state index in [1.54, 1.807) is 0 Å². The second kappa shape index (κ2) is 5.54. The molecule has 1 aliphatic rings. The lowest BCUT2D eigenvalue weighted by Gasteiger charge is -2.43. The predicted octanol–water partition coefficient (Wildman–Crippen LogP) is 2.96. The van der Waals surface area contributed by atoms with Crippen LogP contribution in [0, 0.1) is 5.41 Å². The van der Waals surface area contributed by atoms with E-state index in [1.807, 2.05) is 37.4 Å². The van der Waals surface area contributed by atoms with Crippen LogP contribution in [0.4, 0.5) is 0 Å². The Morgan fingerprint density at radius 2 is 1.94 bits per heavy atom. The lowest BCUT2D eigenvalue weighted by atomic mass is 9.73. The maximum Gasteiger partial charge on any atom is 0.0576 e. The normalized spacial score (nSPS) is 28.8. The third kappa shape index (κ3) is 2.67. The fourth-order valence-electron chi connectivity index (χ4n) is 3.12. The number of rotatable bonds is 3. The van der Waals surface area contributed by atoms with Gasteiger partial charge in [-0.15, -0.1) is 0 Å². The summed E-state index contributed by atoms with van der Waals surface area (Å²) < 4.78 is 12.7. The molecule has 0 aromatic heterocycles. The van der Waals surface area contributed by atoms with Crippen molar-refractivity contribution in [1.82, 2.24) is 5.32 Å². The first-order chi connectivity index (χ1) is 8.56. The third-order valence-electron chi connectivity index (χ3n) is 4.08. The molecule has 1 N–H and O–H groups in total. The Morgan fingerprint density at radius 3 is 2.56 bits per heavy atom. The van der Waals surface area contributed by atoms with Crippen molar-refractivity contribution in [3.8, 4) is 0 Å². The fourth-order valence-corrected chi connectivity index (χ4v) is 5.03. The zero-order valence-electron chi connectivity index (χ0n) is 11.5. The summed E-state index contributed by atoms with van der Waals surface area (Å²) in [6.07, 6.45) is 3.44. The molecule has 1 aliphatic carbocycles. The van der Waals surface area contributed by atoms with Gasteiger partial charge in [-0.2, -0.15) is 0 Å². The second-order valence-electron chi connectivity index (χ2n) is 5.80. The monoisotopic (exact) mass is 265 g/mol. The molecule has 100 valence electrons. The van der Waals surface area contributed by atoms with E-state index in [9.17, 15) is 4.21 Å². The maximum atomic E-state index is 12.7. The van der Waals surface area contributed by atoms with E-state index in [4.69, 9.17) is 0 Å². The van der Waals surface area contributed by atoms with Crippen molar-refractivity contribution in [2.75, 3.05) is 7.05 Å². The van der Waals surface area contributed by atoms with Gasteiger partial charge in [0.2, 0.25) is 0 Å². The van der Waals surface area contributed by atoms with Crippen LogP contribution in [0.25, 0.3) is 0 Å². The Labute approximate surface area is 113 Å². The first-order valence-electron chi connectivity index (χ1n) is 6.69. The van der Waals surface area contributed by atoms with Gasteiger partial charge in [0, 0.05) is 10.9 Å². The van der Waals surface area contributed by atoms with E-state index in [0.717, 1.165) is 11.3 Å². The van der Waals surface area contributed by atoms with Gasteiger partial charge in [0.25, 0.3) is 0 Å². The highest BCUT2D eigenvalue weighted by molar-refractivity contribution is 7.85. The van der Waals surface area contributed by atoms with Gasteiger partial charge >= 0.3 is 0 Å². The minimum Gasteiger partial charge on any atom is -0.315 e. The van der Waals surface area contributed by atoms with Crippen LogP contribution in [-0.4, -0.2) is 22.5 Å². The highest BCUT2D eigenvalue weighted by Gasteiger charge is 2.40. The van der Waals surface area contributed by atoms with Gasteiger partial charge in [-0.1, -0.05) is 38.5 Å². The standard InChI is InChI=1S/C15H23NOS/c1-15(2)11-7-10-13(14(15)16-3)18(17)12-8-5-4-6-9-12/h4-6,8-9,13-14,16H,7,10-11H2,1-3H3. The van der Waals surface area contributed by atoms with Crippen LogP contribution in [0.3, 0.4) is 0 Å². The van der Waals surface area contributed by atoms with Gasteiger partial charge in [-0.25, -0.2) is 0 Å². The van der Waals surface area contributed by atoms with E-state index in [-0.39, 0.29) is 10.7 Å². The summed E-state index contributed by atoms with van der Waals surface area (Å²) in [6, 6.07) is 10.2. The topological polar surface area (TPSA) is 29.1 Å². The Hall–Kier alpha value is -0.670. The summed E-state index contributed by atoms with van der Waals surface area (Å²) in [7, 11) is 1.08. The minimum atomic E-state index is -0.909. The van der Waals surface area contributed by atoms with Gasteiger partial charge in [-0.05, 0) is 37.4 Å². The van der Waals surface area contributed by atoms with E-state index in [0.29, 0.717) is 6.04 Å². The maximum absolute atomic E-state index is 12.7. The van der Waals surface area contributed by atoms with Gasteiger partial charge in [-0.3, -0.25) is 4.21 Å². The number of benzene rings is 1. The summed E-state index contributed by atoms with van der Waals surface area (Å²) >= 11 is 0. The molecule has 18 heavy (non-hydrogen) atoms. The van der Waals surface area contributed by atoms with Crippen LogP contribution in [0.2, 0.25) is 0 Å². The minimum absolute atomic E-state index is 0.223. The van der Waals surface area contributed by atoms with Crippen molar-refractivity contribution in [1.29, 1.82) is 0 Å². The number of hydrogen-bond acceptors (Lipinski definition) is 2. The third-order valence-corrected chi connectivity index (χ3v) is 5.88. The molecule has 0 radical (unpaired) electrons. The smallest absolute Gasteiger partial charge is 0.0576 e. The first kappa shape index (κ1) is 13.8. The molecule has 3 atom stereocenters. The summed E-state index contributed by atoms with van der Waals surface area (Å²) in [6.45, 7) is 4.56. The van der Waals surface area contributed by atoms with Gasteiger partial charge in [0.1, 0.15) is 0 Å². The van der Waals surface area contributed by atoms with E-state index in [2.05, 4.69) is 19.2 Å². The SMILES string of the molecule is CNC1C(S(=O)c2ccccc2)CCCC1(C)C. The Morgan fingerprint density at radius 1 is 1.28 bits per heavy atom. The lowest BCUT2D eigenvalue weighted by molar-refractivity contribution is 0.180. The van der Waals surface area contributed by atoms with Crippen molar-refractivity contribution in [2.24, 2.45) is 5.41 Å². The van der Waals surface area contributed by atoms with Crippen molar-refractivity contribution in [2.45, 2.75) is 49.3 Å². The van der Waals surface area contributed by atoms with E-state index in [1.165, 1.54) is 12.8 Å². The number of hydrogen-bond donors (Lipinski definition) is 1. The van der Waals surface area contributed by atoms with Crippen LogP contribution in [-0.2, 0) is 10.8 Å². The van der Waals surface area contributed by atoms with Crippen LogP contribution in [0.5, 0.6) is 0 Å². The quantitative estimate of drug-likeness (QED) is 0.910. The highest BCUT2D eigenvalue weighted by atomic mass is 32.2. The second-order valence-corrected chi connectivity index (χ2v) is 7.47. The molecule has 2 rings (SSSR count). The molecule has 2 nitrogen and oxygen atoms in total. The van der Waals surface area contributed by atoms with E-state index >= 15 is 0 Å².